The molecule has 0 saturated heterocycles. The minimum Gasteiger partial charge on any atom is -0.508 e. The van der Waals surface area contributed by atoms with Crippen LogP contribution in [0, 0.1) is 6.92 Å². The number of hydrogen-bond acceptors (Lipinski definition) is 5. The van der Waals surface area contributed by atoms with Crippen LogP contribution in [0.4, 0.5) is 0 Å². The zero-order chi connectivity index (χ0) is 16.3. The second-order valence-corrected chi connectivity index (χ2v) is 4.85. The highest BCUT2D eigenvalue weighted by molar-refractivity contribution is 5.89. The summed E-state index contributed by atoms with van der Waals surface area (Å²) in [5, 5.41) is 21.2. The molecule has 1 amide bonds. The Kier molecular flexibility index (Phi) is 4.45. The van der Waals surface area contributed by atoms with Gasteiger partial charge >= 0.3 is 11.6 Å². The second kappa shape index (κ2) is 6.30. The van der Waals surface area contributed by atoms with Crippen molar-refractivity contribution in [2.45, 2.75) is 19.8 Å². The van der Waals surface area contributed by atoms with Crippen molar-refractivity contribution in [2.75, 3.05) is 6.54 Å². The quantitative estimate of drug-likeness (QED) is 0.708. The summed E-state index contributed by atoms with van der Waals surface area (Å²) in [6.45, 7) is 1.63. The molecule has 0 aliphatic heterocycles. The van der Waals surface area contributed by atoms with E-state index in [9.17, 15) is 19.5 Å². The minimum absolute atomic E-state index is 0.00119. The first-order valence-electron chi connectivity index (χ1n) is 6.62. The molecule has 0 saturated carbocycles. The summed E-state index contributed by atoms with van der Waals surface area (Å²) in [4.78, 5) is 33.8. The first-order chi connectivity index (χ1) is 10.4. The van der Waals surface area contributed by atoms with Crippen molar-refractivity contribution in [1.82, 2.24) is 5.32 Å². The van der Waals surface area contributed by atoms with Crippen LogP contribution in [0.5, 0.6) is 5.75 Å². The Balaban J connectivity index is 2.28. The maximum absolute atomic E-state index is 11.8. The molecule has 2 rings (SSSR count). The number of phenols is 1. The highest BCUT2D eigenvalue weighted by atomic mass is 16.4. The van der Waals surface area contributed by atoms with E-state index in [0.29, 0.717) is 16.5 Å². The lowest BCUT2D eigenvalue weighted by Gasteiger charge is -2.08. The molecule has 0 atom stereocenters. The number of carbonyl (C=O) groups excluding carboxylic acids is 1. The molecular formula is C15H15NO6. The van der Waals surface area contributed by atoms with E-state index in [1.165, 1.54) is 12.1 Å². The molecule has 0 bridgehead atoms. The highest BCUT2D eigenvalue weighted by Gasteiger charge is 2.13. The number of aryl methyl sites for hydroxylation is 1. The third-order valence-electron chi connectivity index (χ3n) is 3.23. The summed E-state index contributed by atoms with van der Waals surface area (Å²) in [5.41, 5.74) is 0.500. The molecule has 7 nitrogen and oxygen atoms in total. The fourth-order valence-corrected chi connectivity index (χ4v) is 2.11. The summed E-state index contributed by atoms with van der Waals surface area (Å²) in [7, 11) is 0. The first kappa shape index (κ1) is 15.6. The van der Waals surface area contributed by atoms with Gasteiger partial charge in [-0.3, -0.25) is 9.59 Å². The highest BCUT2D eigenvalue weighted by Crippen LogP contribution is 2.27. The Morgan fingerprint density at radius 2 is 2.05 bits per heavy atom. The molecule has 116 valence electrons. The fourth-order valence-electron chi connectivity index (χ4n) is 2.11. The summed E-state index contributed by atoms with van der Waals surface area (Å²) in [5.74, 6) is -1.39. The van der Waals surface area contributed by atoms with E-state index in [1.54, 1.807) is 13.0 Å². The van der Waals surface area contributed by atoms with Gasteiger partial charge in [0.15, 0.2) is 0 Å². The van der Waals surface area contributed by atoms with E-state index in [4.69, 9.17) is 9.52 Å². The van der Waals surface area contributed by atoms with Crippen LogP contribution in [-0.4, -0.2) is 28.6 Å². The Labute approximate surface area is 125 Å². The number of rotatable bonds is 5. The predicted octanol–water partition coefficient (Wildman–Crippen LogP) is 0.940. The molecule has 0 fully saturated rings. The van der Waals surface area contributed by atoms with Crippen LogP contribution >= 0.6 is 0 Å². The zero-order valence-corrected chi connectivity index (χ0v) is 11.9. The van der Waals surface area contributed by atoms with E-state index in [0.717, 1.165) is 0 Å². The number of carboxylic acid groups (broad SMARTS) is 1. The Hall–Kier alpha value is -2.83. The van der Waals surface area contributed by atoms with Crippen LogP contribution in [0.2, 0.25) is 0 Å². The summed E-state index contributed by atoms with van der Waals surface area (Å²) in [6.07, 6.45) is -0.248. The third-order valence-corrected chi connectivity index (χ3v) is 3.23. The van der Waals surface area contributed by atoms with Gasteiger partial charge in [-0.15, -0.1) is 0 Å². The first-order valence-corrected chi connectivity index (χ1v) is 6.62. The number of aliphatic carboxylic acids is 1. The smallest absolute Gasteiger partial charge is 0.336 e. The van der Waals surface area contributed by atoms with Crippen LogP contribution in [0.1, 0.15) is 17.5 Å². The monoisotopic (exact) mass is 305 g/mol. The van der Waals surface area contributed by atoms with E-state index < -0.39 is 11.6 Å². The number of nitrogens with one attached hydrogen (secondary N) is 1. The molecule has 3 N–H and O–H groups in total. The maximum Gasteiger partial charge on any atom is 0.336 e. The number of hydrogen-bond donors (Lipinski definition) is 3. The third kappa shape index (κ3) is 3.43. The molecular weight excluding hydrogens is 290 g/mol. The summed E-state index contributed by atoms with van der Waals surface area (Å²) >= 11 is 0. The Morgan fingerprint density at radius 3 is 2.73 bits per heavy atom. The van der Waals surface area contributed by atoms with Crippen molar-refractivity contribution >= 4 is 22.8 Å². The topological polar surface area (TPSA) is 117 Å². The number of carboxylic acids is 1. The van der Waals surface area contributed by atoms with Crippen molar-refractivity contribution in [1.29, 1.82) is 0 Å². The average molecular weight is 305 g/mol. The molecule has 1 aromatic heterocycles. The maximum atomic E-state index is 11.8. The summed E-state index contributed by atoms with van der Waals surface area (Å²) in [6, 6.07) is 4.25. The molecule has 1 heterocycles. The van der Waals surface area contributed by atoms with Crippen LogP contribution in [0.25, 0.3) is 11.0 Å². The molecule has 1 aromatic carbocycles. The fraction of sp³-hybridized carbons (Fsp3) is 0.267. The van der Waals surface area contributed by atoms with E-state index in [1.807, 2.05) is 0 Å². The lowest BCUT2D eigenvalue weighted by atomic mass is 10.0. The molecule has 0 radical (unpaired) electrons. The largest absolute Gasteiger partial charge is 0.508 e. The van der Waals surface area contributed by atoms with Crippen LogP contribution in [0.15, 0.2) is 27.4 Å². The molecule has 22 heavy (non-hydrogen) atoms. The van der Waals surface area contributed by atoms with E-state index in [-0.39, 0.29) is 36.6 Å². The van der Waals surface area contributed by atoms with Crippen molar-refractivity contribution in [3.05, 3.63) is 39.7 Å². The number of benzene rings is 1. The number of amides is 1. The predicted molar refractivity (Wildman–Crippen MR) is 77.9 cm³/mol. The molecule has 2 aromatic rings. The number of phenolic OH excluding ortho intramolecular Hbond substituents is 1. The van der Waals surface area contributed by atoms with Crippen LogP contribution in [0.3, 0.4) is 0 Å². The van der Waals surface area contributed by atoms with Gasteiger partial charge in [0, 0.05) is 23.6 Å². The lowest BCUT2D eigenvalue weighted by molar-refractivity contribution is -0.136. The van der Waals surface area contributed by atoms with Gasteiger partial charge in [0.25, 0.3) is 0 Å². The zero-order valence-electron chi connectivity index (χ0n) is 11.9. The number of fused-ring (bicyclic) bond motifs is 1. The normalized spacial score (nSPS) is 10.6. The average Bonchev–Trinajstić information content (AvgIpc) is 2.43. The molecule has 0 spiro atoms. The Morgan fingerprint density at radius 1 is 1.32 bits per heavy atom. The lowest BCUT2D eigenvalue weighted by Crippen LogP contribution is -2.27. The van der Waals surface area contributed by atoms with Crippen molar-refractivity contribution in [3.8, 4) is 5.75 Å². The van der Waals surface area contributed by atoms with Gasteiger partial charge in [-0.2, -0.15) is 0 Å². The van der Waals surface area contributed by atoms with E-state index >= 15 is 0 Å². The number of aromatic hydroxyl groups is 1. The van der Waals surface area contributed by atoms with E-state index in [2.05, 4.69) is 5.32 Å². The van der Waals surface area contributed by atoms with Gasteiger partial charge in [-0.1, -0.05) is 0 Å². The van der Waals surface area contributed by atoms with Crippen molar-refractivity contribution in [2.24, 2.45) is 0 Å². The minimum atomic E-state index is -1.00. The Bertz CT molecular complexity index is 792. The SMILES string of the molecule is Cc1c(O)ccc2c(CC(=O)NCCC(=O)O)cc(=O)oc12. The standard InChI is InChI=1S/C15H15NO6/c1-8-11(17)3-2-10-9(7-14(21)22-15(8)10)6-12(18)16-5-4-13(19)20/h2-3,7,17H,4-6H2,1H3,(H,16,18)(H,19,20). The molecule has 0 aliphatic rings. The molecule has 0 aliphatic carbocycles. The van der Waals surface area contributed by atoms with Crippen molar-refractivity contribution in [3.63, 3.8) is 0 Å². The second-order valence-electron chi connectivity index (χ2n) is 4.85. The van der Waals surface area contributed by atoms with Gasteiger partial charge in [0.05, 0.1) is 12.8 Å². The van der Waals surface area contributed by atoms with Gasteiger partial charge in [-0.25, -0.2) is 4.79 Å². The van der Waals surface area contributed by atoms with Gasteiger partial charge < -0.3 is 19.9 Å². The van der Waals surface area contributed by atoms with Crippen LogP contribution < -0.4 is 10.9 Å². The number of carbonyl (C=O) groups is 2. The van der Waals surface area contributed by atoms with Gasteiger partial charge in [0.2, 0.25) is 5.91 Å². The van der Waals surface area contributed by atoms with Crippen LogP contribution in [-0.2, 0) is 16.0 Å². The van der Waals surface area contributed by atoms with Gasteiger partial charge in [0.1, 0.15) is 11.3 Å². The van der Waals surface area contributed by atoms with Gasteiger partial charge in [-0.05, 0) is 24.6 Å². The summed E-state index contributed by atoms with van der Waals surface area (Å²) < 4.78 is 5.08. The molecule has 0 unspecified atom stereocenters. The van der Waals surface area contributed by atoms with Crippen molar-refractivity contribution < 1.29 is 24.2 Å². The molecule has 7 heteroatoms.